The van der Waals surface area contributed by atoms with Crippen molar-refractivity contribution in [3.05, 3.63) is 58.1 Å². The van der Waals surface area contributed by atoms with Crippen LogP contribution in [0.25, 0.3) is 0 Å². The van der Waals surface area contributed by atoms with E-state index >= 15 is 0 Å². The minimum atomic E-state index is -0.159. The van der Waals surface area contributed by atoms with Crippen molar-refractivity contribution in [1.29, 1.82) is 0 Å². The summed E-state index contributed by atoms with van der Waals surface area (Å²) in [5, 5.41) is 6.68. The molecule has 0 unspecified atom stereocenters. The van der Waals surface area contributed by atoms with Gasteiger partial charge in [0.1, 0.15) is 5.75 Å². The SMILES string of the molecule is COc1ccccc1CNCC(=O)Nc1ccc(Cl)c(Cl)c1. The fourth-order valence-corrected chi connectivity index (χ4v) is 2.24. The second kappa shape index (κ2) is 8.03. The van der Waals surface area contributed by atoms with Gasteiger partial charge in [0.15, 0.2) is 0 Å². The van der Waals surface area contributed by atoms with Crippen molar-refractivity contribution in [2.75, 3.05) is 19.0 Å². The first-order valence-corrected chi connectivity index (χ1v) is 7.43. The highest BCUT2D eigenvalue weighted by Gasteiger charge is 2.06. The van der Waals surface area contributed by atoms with Gasteiger partial charge in [-0.15, -0.1) is 0 Å². The number of rotatable bonds is 6. The number of carbonyl (C=O) groups is 1. The average Bonchev–Trinajstić information content (AvgIpc) is 2.51. The second-order valence-electron chi connectivity index (χ2n) is 4.59. The minimum Gasteiger partial charge on any atom is -0.496 e. The Morgan fingerprint density at radius 1 is 1.14 bits per heavy atom. The summed E-state index contributed by atoms with van der Waals surface area (Å²) >= 11 is 11.7. The molecule has 2 N–H and O–H groups in total. The van der Waals surface area contributed by atoms with E-state index in [1.807, 2.05) is 24.3 Å². The molecule has 0 atom stereocenters. The average molecular weight is 339 g/mol. The molecule has 0 heterocycles. The second-order valence-corrected chi connectivity index (χ2v) is 5.41. The Bertz CT molecular complexity index is 662. The lowest BCUT2D eigenvalue weighted by Gasteiger charge is -2.10. The highest BCUT2D eigenvalue weighted by Crippen LogP contribution is 2.24. The molecule has 22 heavy (non-hydrogen) atoms. The molecule has 2 aromatic carbocycles. The van der Waals surface area contributed by atoms with Crippen LogP contribution in [0, 0.1) is 0 Å². The number of anilines is 1. The predicted octanol–water partition coefficient (Wildman–Crippen LogP) is 3.73. The van der Waals surface area contributed by atoms with E-state index in [0.717, 1.165) is 11.3 Å². The number of methoxy groups -OCH3 is 1. The van der Waals surface area contributed by atoms with Crippen LogP contribution in [0.5, 0.6) is 5.75 Å². The molecule has 0 spiro atoms. The Morgan fingerprint density at radius 2 is 1.91 bits per heavy atom. The number of carbonyl (C=O) groups excluding carboxylic acids is 1. The molecule has 0 saturated carbocycles. The highest BCUT2D eigenvalue weighted by molar-refractivity contribution is 6.42. The summed E-state index contributed by atoms with van der Waals surface area (Å²) < 4.78 is 5.26. The molecule has 0 fully saturated rings. The lowest BCUT2D eigenvalue weighted by atomic mass is 10.2. The van der Waals surface area contributed by atoms with Crippen LogP contribution in [-0.4, -0.2) is 19.6 Å². The molecule has 2 aromatic rings. The zero-order valence-electron chi connectivity index (χ0n) is 12.0. The predicted molar refractivity (Wildman–Crippen MR) is 89.8 cm³/mol. The van der Waals surface area contributed by atoms with Crippen molar-refractivity contribution in [2.24, 2.45) is 0 Å². The van der Waals surface area contributed by atoms with Crippen molar-refractivity contribution >= 4 is 34.8 Å². The third-order valence-electron chi connectivity index (χ3n) is 3.00. The summed E-state index contributed by atoms with van der Waals surface area (Å²) in [5.41, 5.74) is 1.60. The Hall–Kier alpha value is -1.75. The van der Waals surface area contributed by atoms with Crippen LogP contribution < -0.4 is 15.4 Å². The summed E-state index contributed by atoms with van der Waals surface area (Å²) in [6.07, 6.45) is 0. The van der Waals surface area contributed by atoms with Gasteiger partial charge in [-0.3, -0.25) is 4.79 Å². The Morgan fingerprint density at radius 3 is 2.64 bits per heavy atom. The van der Waals surface area contributed by atoms with Crippen molar-refractivity contribution in [1.82, 2.24) is 5.32 Å². The van der Waals surface area contributed by atoms with E-state index in [9.17, 15) is 4.79 Å². The van der Waals surface area contributed by atoms with Gasteiger partial charge in [-0.05, 0) is 24.3 Å². The lowest BCUT2D eigenvalue weighted by Crippen LogP contribution is -2.27. The van der Waals surface area contributed by atoms with E-state index in [1.165, 1.54) is 0 Å². The lowest BCUT2D eigenvalue weighted by molar-refractivity contribution is -0.115. The van der Waals surface area contributed by atoms with Gasteiger partial charge in [-0.1, -0.05) is 41.4 Å². The Labute approximate surface area is 139 Å². The van der Waals surface area contributed by atoms with Gasteiger partial charge in [0.2, 0.25) is 5.91 Å². The topological polar surface area (TPSA) is 50.4 Å². The first-order valence-electron chi connectivity index (χ1n) is 6.67. The monoisotopic (exact) mass is 338 g/mol. The van der Waals surface area contributed by atoms with E-state index in [2.05, 4.69) is 10.6 Å². The summed E-state index contributed by atoms with van der Waals surface area (Å²) in [5.74, 6) is 0.633. The molecule has 0 aliphatic heterocycles. The molecule has 0 saturated heterocycles. The quantitative estimate of drug-likeness (QED) is 0.843. The van der Waals surface area contributed by atoms with Crippen LogP contribution >= 0.6 is 23.2 Å². The van der Waals surface area contributed by atoms with Gasteiger partial charge in [0, 0.05) is 17.8 Å². The first-order chi connectivity index (χ1) is 10.6. The number of hydrogen-bond donors (Lipinski definition) is 2. The zero-order chi connectivity index (χ0) is 15.9. The number of amides is 1. The molecule has 1 amide bonds. The van der Waals surface area contributed by atoms with Gasteiger partial charge < -0.3 is 15.4 Å². The van der Waals surface area contributed by atoms with Crippen LogP contribution in [0.4, 0.5) is 5.69 Å². The summed E-state index contributed by atoms with van der Waals surface area (Å²) in [4.78, 5) is 11.9. The summed E-state index contributed by atoms with van der Waals surface area (Å²) in [6, 6.07) is 12.6. The van der Waals surface area contributed by atoms with Gasteiger partial charge >= 0.3 is 0 Å². The first kappa shape index (κ1) is 16.6. The fraction of sp³-hybridized carbons (Fsp3) is 0.188. The Balaban J connectivity index is 1.84. The van der Waals surface area contributed by atoms with Crippen LogP contribution in [0.1, 0.15) is 5.56 Å². The highest BCUT2D eigenvalue weighted by atomic mass is 35.5. The molecule has 0 radical (unpaired) electrons. The van der Waals surface area contributed by atoms with Gasteiger partial charge in [-0.25, -0.2) is 0 Å². The molecule has 0 bridgehead atoms. The van der Waals surface area contributed by atoms with Gasteiger partial charge in [0.05, 0.1) is 23.7 Å². The molecular weight excluding hydrogens is 323 g/mol. The van der Waals surface area contributed by atoms with E-state index in [1.54, 1.807) is 25.3 Å². The van der Waals surface area contributed by atoms with Crippen molar-refractivity contribution in [3.8, 4) is 5.75 Å². The standard InChI is InChI=1S/C16H16Cl2N2O2/c1-22-15-5-3-2-4-11(15)9-19-10-16(21)20-12-6-7-13(17)14(18)8-12/h2-8,19H,9-10H2,1H3,(H,20,21). The van der Waals surface area contributed by atoms with Gasteiger partial charge in [0.25, 0.3) is 0 Å². The molecule has 6 heteroatoms. The number of ether oxygens (including phenoxy) is 1. The maximum absolute atomic E-state index is 11.9. The van der Waals surface area contributed by atoms with E-state index in [-0.39, 0.29) is 12.5 Å². The van der Waals surface area contributed by atoms with Crippen LogP contribution in [-0.2, 0) is 11.3 Å². The third kappa shape index (κ3) is 4.63. The van der Waals surface area contributed by atoms with Crippen molar-refractivity contribution in [3.63, 3.8) is 0 Å². The largest absolute Gasteiger partial charge is 0.496 e. The third-order valence-corrected chi connectivity index (χ3v) is 3.74. The molecule has 2 rings (SSSR count). The van der Waals surface area contributed by atoms with Crippen molar-refractivity contribution in [2.45, 2.75) is 6.54 Å². The van der Waals surface area contributed by atoms with E-state index < -0.39 is 0 Å². The van der Waals surface area contributed by atoms with E-state index in [0.29, 0.717) is 22.3 Å². The number of benzene rings is 2. The number of para-hydroxylation sites is 1. The number of nitrogens with one attached hydrogen (secondary N) is 2. The van der Waals surface area contributed by atoms with Crippen LogP contribution in [0.3, 0.4) is 0 Å². The zero-order valence-corrected chi connectivity index (χ0v) is 13.5. The molecule has 0 aliphatic rings. The smallest absolute Gasteiger partial charge is 0.238 e. The van der Waals surface area contributed by atoms with Gasteiger partial charge in [-0.2, -0.15) is 0 Å². The van der Waals surface area contributed by atoms with Crippen LogP contribution in [0.15, 0.2) is 42.5 Å². The molecule has 4 nitrogen and oxygen atoms in total. The minimum absolute atomic E-state index is 0.159. The molecule has 0 aliphatic carbocycles. The maximum atomic E-state index is 11.9. The fourth-order valence-electron chi connectivity index (χ4n) is 1.94. The number of halogens is 2. The Kier molecular flexibility index (Phi) is 6.07. The number of hydrogen-bond acceptors (Lipinski definition) is 3. The molecule has 0 aromatic heterocycles. The normalized spacial score (nSPS) is 10.3. The summed E-state index contributed by atoms with van der Waals surface area (Å²) in [6.45, 7) is 0.719. The molecular formula is C16H16Cl2N2O2. The van der Waals surface area contributed by atoms with Crippen molar-refractivity contribution < 1.29 is 9.53 Å². The van der Waals surface area contributed by atoms with E-state index in [4.69, 9.17) is 27.9 Å². The maximum Gasteiger partial charge on any atom is 0.238 e. The molecule has 116 valence electrons. The van der Waals surface area contributed by atoms with Crippen LogP contribution in [0.2, 0.25) is 10.0 Å². The summed E-state index contributed by atoms with van der Waals surface area (Å²) in [7, 11) is 1.62.